The lowest BCUT2D eigenvalue weighted by molar-refractivity contribution is 0.103. The summed E-state index contributed by atoms with van der Waals surface area (Å²) >= 11 is 0. The molecular formula is C18H19NO2. The molecule has 0 saturated carbocycles. The molecule has 0 radical (unpaired) electrons. The summed E-state index contributed by atoms with van der Waals surface area (Å²) in [5.41, 5.74) is 4.74. The molecule has 108 valence electrons. The Morgan fingerprint density at radius 3 is 2.81 bits per heavy atom. The van der Waals surface area contributed by atoms with Gasteiger partial charge in [0.1, 0.15) is 5.75 Å². The average Bonchev–Trinajstić information content (AvgIpc) is 2.53. The van der Waals surface area contributed by atoms with E-state index in [1.54, 1.807) is 7.11 Å². The molecule has 0 aliphatic carbocycles. The van der Waals surface area contributed by atoms with Gasteiger partial charge in [0, 0.05) is 23.4 Å². The third-order valence-corrected chi connectivity index (χ3v) is 4.02. The van der Waals surface area contributed by atoms with E-state index in [0.29, 0.717) is 0 Å². The number of benzene rings is 2. The van der Waals surface area contributed by atoms with Gasteiger partial charge in [-0.05, 0) is 55.2 Å². The third kappa shape index (κ3) is 2.51. The summed E-state index contributed by atoms with van der Waals surface area (Å²) in [5.74, 6) is 0.872. The van der Waals surface area contributed by atoms with Gasteiger partial charge in [0.15, 0.2) is 5.78 Å². The average molecular weight is 281 g/mol. The molecule has 0 unspecified atom stereocenters. The van der Waals surface area contributed by atoms with Crippen LogP contribution in [0.2, 0.25) is 0 Å². The molecule has 21 heavy (non-hydrogen) atoms. The van der Waals surface area contributed by atoms with Gasteiger partial charge in [-0.15, -0.1) is 0 Å². The molecule has 0 aromatic heterocycles. The van der Waals surface area contributed by atoms with Crippen LogP contribution in [-0.4, -0.2) is 19.4 Å². The summed E-state index contributed by atoms with van der Waals surface area (Å²) in [4.78, 5) is 12.9. The van der Waals surface area contributed by atoms with Crippen LogP contribution < -0.4 is 10.1 Å². The van der Waals surface area contributed by atoms with Crippen LogP contribution in [0.1, 0.15) is 33.5 Å². The molecule has 0 saturated heterocycles. The fourth-order valence-electron chi connectivity index (χ4n) is 2.89. The van der Waals surface area contributed by atoms with Crippen molar-refractivity contribution in [2.75, 3.05) is 19.0 Å². The van der Waals surface area contributed by atoms with Gasteiger partial charge >= 0.3 is 0 Å². The molecular weight excluding hydrogens is 262 g/mol. The van der Waals surface area contributed by atoms with Gasteiger partial charge in [-0.3, -0.25) is 4.79 Å². The zero-order valence-corrected chi connectivity index (χ0v) is 12.4. The molecule has 1 N–H and O–H groups in total. The molecule has 3 nitrogen and oxygen atoms in total. The number of anilines is 1. The molecule has 1 aliphatic rings. The number of rotatable bonds is 3. The van der Waals surface area contributed by atoms with Crippen LogP contribution in [0, 0.1) is 6.92 Å². The highest BCUT2D eigenvalue weighted by Gasteiger charge is 2.19. The lowest BCUT2D eigenvalue weighted by Crippen LogP contribution is -2.16. The number of nitrogens with one attached hydrogen (secondary N) is 1. The summed E-state index contributed by atoms with van der Waals surface area (Å²) < 4.78 is 5.20. The number of carbonyl (C=O) groups is 1. The zero-order chi connectivity index (χ0) is 14.8. The second-order valence-corrected chi connectivity index (χ2v) is 5.37. The Kier molecular flexibility index (Phi) is 3.65. The monoisotopic (exact) mass is 281 g/mol. The molecule has 2 aromatic carbocycles. The first-order valence-corrected chi connectivity index (χ1v) is 7.26. The Balaban J connectivity index is 2.03. The summed E-state index contributed by atoms with van der Waals surface area (Å²) in [6.07, 6.45) is 2.03. The van der Waals surface area contributed by atoms with Gasteiger partial charge < -0.3 is 10.1 Å². The highest BCUT2D eigenvalue weighted by molar-refractivity contribution is 6.11. The number of hydrogen-bond donors (Lipinski definition) is 1. The maximum absolute atomic E-state index is 12.9. The molecule has 3 rings (SSSR count). The summed E-state index contributed by atoms with van der Waals surface area (Å²) in [6, 6.07) is 11.5. The summed E-state index contributed by atoms with van der Waals surface area (Å²) in [7, 11) is 1.63. The van der Waals surface area contributed by atoms with Crippen LogP contribution in [0.5, 0.6) is 5.75 Å². The smallest absolute Gasteiger partial charge is 0.193 e. The number of carbonyl (C=O) groups excluding carboxylic acids is 1. The largest absolute Gasteiger partial charge is 0.497 e. The molecule has 1 heterocycles. The fraction of sp³-hybridized carbons (Fsp3) is 0.278. The minimum atomic E-state index is 0.0932. The van der Waals surface area contributed by atoms with Gasteiger partial charge in [0.25, 0.3) is 0 Å². The van der Waals surface area contributed by atoms with Crippen molar-refractivity contribution in [2.24, 2.45) is 0 Å². The standard InChI is InChI=1S/C18H19NO2/c1-12-11-13(21-2)8-9-14(12)18(20)16-5-3-7-17-15(16)6-4-10-19-17/h3,5,7-9,11,19H,4,6,10H2,1-2H3. The Labute approximate surface area is 124 Å². The van der Waals surface area contributed by atoms with E-state index in [1.165, 1.54) is 0 Å². The van der Waals surface area contributed by atoms with E-state index in [4.69, 9.17) is 4.74 Å². The SMILES string of the molecule is COc1ccc(C(=O)c2cccc3c2CCCN3)c(C)c1. The van der Waals surface area contributed by atoms with E-state index in [1.807, 2.05) is 43.3 Å². The molecule has 3 heteroatoms. The predicted octanol–water partition coefficient (Wildman–Crippen LogP) is 3.59. The number of hydrogen-bond acceptors (Lipinski definition) is 3. The molecule has 1 aliphatic heterocycles. The first kappa shape index (κ1) is 13.7. The van der Waals surface area contributed by atoms with Crippen molar-refractivity contribution in [3.63, 3.8) is 0 Å². The molecule has 0 atom stereocenters. The van der Waals surface area contributed by atoms with Crippen molar-refractivity contribution in [3.8, 4) is 5.75 Å². The van der Waals surface area contributed by atoms with Crippen molar-refractivity contribution < 1.29 is 9.53 Å². The van der Waals surface area contributed by atoms with Gasteiger partial charge in [-0.2, -0.15) is 0 Å². The number of methoxy groups -OCH3 is 1. The van der Waals surface area contributed by atoms with E-state index in [2.05, 4.69) is 5.32 Å². The maximum atomic E-state index is 12.9. The van der Waals surface area contributed by atoms with Crippen molar-refractivity contribution >= 4 is 11.5 Å². The van der Waals surface area contributed by atoms with Gasteiger partial charge in [-0.25, -0.2) is 0 Å². The Morgan fingerprint density at radius 2 is 2.05 bits per heavy atom. The molecule has 0 bridgehead atoms. The van der Waals surface area contributed by atoms with Crippen LogP contribution in [-0.2, 0) is 6.42 Å². The zero-order valence-electron chi connectivity index (χ0n) is 12.4. The van der Waals surface area contributed by atoms with Crippen molar-refractivity contribution in [2.45, 2.75) is 19.8 Å². The van der Waals surface area contributed by atoms with Crippen molar-refractivity contribution in [1.29, 1.82) is 0 Å². The first-order valence-electron chi connectivity index (χ1n) is 7.26. The summed E-state index contributed by atoms with van der Waals surface area (Å²) in [5, 5.41) is 3.37. The maximum Gasteiger partial charge on any atom is 0.193 e. The van der Waals surface area contributed by atoms with Gasteiger partial charge in [0.2, 0.25) is 0 Å². The number of ketones is 1. The third-order valence-electron chi connectivity index (χ3n) is 4.02. The minimum absolute atomic E-state index is 0.0932. The van der Waals surface area contributed by atoms with Crippen LogP contribution >= 0.6 is 0 Å². The minimum Gasteiger partial charge on any atom is -0.497 e. The van der Waals surface area contributed by atoms with Crippen LogP contribution in [0.15, 0.2) is 36.4 Å². The topological polar surface area (TPSA) is 38.3 Å². The lowest BCUT2D eigenvalue weighted by Gasteiger charge is -2.20. The predicted molar refractivity (Wildman–Crippen MR) is 84.4 cm³/mol. The van der Waals surface area contributed by atoms with E-state index in [9.17, 15) is 4.79 Å². The number of aryl methyl sites for hydroxylation is 1. The van der Waals surface area contributed by atoms with Gasteiger partial charge in [0.05, 0.1) is 7.11 Å². The second-order valence-electron chi connectivity index (χ2n) is 5.37. The first-order chi connectivity index (χ1) is 10.2. The second kappa shape index (κ2) is 5.60. The van der Waals surface area contributed by atoms with Gasteiger partial charge in [-0.1, -0.05) is 12.1 Å². The van der Waals surface area contributed by atoms with Crippen LogP contribution in [0.25, 0.3) is 0 Å². The quantitative estimate of drug-likeness (QED) is 0.874. The Bertz CT molecular complexity index is 692. The Hall–Kier alpha value is -2.29. The lowest BCUT2D eigenvalue weighted by atomic mass is 9.91. The van der Waals surface area contributed by atoms with E-state index in [0.717, 1.165) is 53.1 Å². The highest BCUT2D eigenvalue weighted by atomic mass is 16.5. The van der Waals surface area contributed by atoms with Crippen LogP contribution in [0.3, 0.4) is 0 Å². The van der Waals surface area contributed by atoms with E-state index >= 15 is 0 Å². The summed E-state index contributed by atoms with van der Waals surface area (Å²) in [6.45, 7) is 2.93. The van der Waals surface area contributed by atoms with E-state index < -0.39 is 0 Å². The molecule has 2 aromatic rings. The fourth-order valence-corrected chi connectivity index (χ4v) is 2.89. The molecule has 0 amide bonds. The number of ether oxygens (including phenoxy) is 1. The van der Waals surface area contributed by atoms with Crippen LogP contribution in [0.4, 0.5) is 5.69 Å². The Morgan fingerprint density at radius 1 is 1.19 bits per heavy atom. The van der Waals surface area contributed by atoms with E-state index in [-0.39, 0.29) is 5.78 Å². The van der Waals surface area contributed by atoms with Crippen molar-refractivity contribution in [1.82, 2.24) is 0 Å². The normalized spacial score (nSPS) is 13.2. The highest BCUT2D eigenvalue weighted by Crippen LogP contribution is 2.28. The van der Waals surface area contributed by atoms with Crippen molar-refractivity contribution in [3.05, 3.63) is 58.7 Å². The number of fused-ring (bicyclic) bond motifs is 1. The molecule has 0 spiro atoms. The molecule has 0 fully saturated rings.